The summed E-state index contributed by atoms with van der Waals surface area (Å²) >= 11 is 0. The zero-order valence-corrected chi connectivity index (χ0v) is 15.0. The Bertz CT molecular complexity index is 818. The van der Waals surface area contributed by atoms with Gasteiger partial charge in [-0.2, -0.15) is 5.10 Å². The second-order valence-corrected chi connectivity index (χ2v) is 6.64. The second-order valence-electron chi connectivity index (χ2n) is 6.64. The highest BCUT2D eigenvalue weighted by Crippen LogP contribution is 2.28. The smallest absolute Gasteiger partial charge is 0.272 e. The lowest BCUT2D eigenvalue weighted by molar-refractivity contribution is 0.0944. The number of carbonyl (C=O) groups excluding carboxylic acids is 1. The van der Waals surface area contributed by atoms with Crippen LogP contribution in [0.1, 0.15) is 41.0 Å². The summed E-state index contributed by atoms with van der Waals surface area (Å²) in [4.78, 5) is 12.6. The van der Waals surface area contributed by atoms with Crippen molar-refractivity contribution in [2.45, 2.75) is 38.1 Å². The number of benzene rings is 1. The zero-order valence-electron chi connectivity index (χ0n) is 14.2. The van der Waals surface area contributed by atoms with Gasteiger partial charge >= 0.3 is 0 Å². The lowest BCUT2D eigenvalue weighted by Gasteiger charge is -2.11. The van der Waals surface area contributed by atoms with Gasteiger partial charge in [0.05, 0.1) is 5.69 Å². The standard InChI is InChI=1S/C18H20F2N4O.ClH/c19-14-7-6-12(9-15(14)20)24-16-5-1-4-13(16)17(23-24)18(25)22-10-11-3-2-8-21-11;/h6-7,9,11,21H,1-5,8,10H2,(H,22,25);1H. The minimum atomic E-state index is -0.918. The van der Waals surface area contributed by atoms with Crippen molar-refractivity contribution in [2.24, 2.45) is 0 Å². The Hall–Kier alpha value is -1.99. The number of amides is 1. The summed E-state index contributed by atoms with van der Waals surface area (Å²) < 4.78 is 28.3. The first kappa shape index (κ1) is 18.8. The van der Waals surface area contributed by atoms with Crippen LogP contribution in [0.5, 0.6) is 0 Å². The van der Waals surface area contributed by atoms with E-state index in [2.05, 4.69) is 15.7 Å². The molecule has 1 aromatic carbocycles. The quantitative estimate of drug-likeness (QED) is 0.854. The van der Waals surface area contributed by atoms with E-state index in [0.717, 1.165) is 62.0 Å². The van der Waals surface area contributed by atoms with Crippen molar-refractivity contribution >= 4 is 18.3 Å². The van der Waals surface area contributed by atoms with Crippen LogP contribution in [-0.2, 0) is 12.8 Å². The predicted molar refractivity (Wildman–Crippen MR) is 96.1 cm³/mol. The van der Waals surface area contributed by atoms with Crippen molar-refractivity contribution in [1.82, 2.24) is 20.4 Å². The monoisotopic (exact) mass is 382 g/mol. The van der Waals surface area contributed by atoms with Crippen molar-refractivity contribution < 1.29 is 13.6 Å². The maximum atomic E-state index is 13.6. The number of hydrogen-bond donors (Lipinski definition) is 2. The lowest BCUT2D eigenvalue weighted by atomic mass is 10.2. The minimum Gasteiger partial charge on any atom is -0.349 e. The fraction of sp³-hybridized carbons (Fsp3) is 0.444. The summed E-state index contributed by atoms with van der Waals surface area (Å²) in [7, 11) is 0. The molecule has 1 aromatic heterocycles. The van der Waals surface area contributed by atoms with Gasteiger partial charge in [-0.1, -0.05) is 0 Å². The van der Waals surface area contributed by atoms with Gasteiger partial charge in [-0.15, -0.1) is 12.4 Å². The Labute approximate surface area is 156 Å². The average molecular weight is 383 g/mol. The third-order valence-corrected chi connectivity index (χ3v) is 4.96. The number of rotatable bonds is 4. The molecule has 4 rings (SSSR count). The van der Waals surface area contributed by atoms with Gasteiger partial charge in [0, 0.05) is 29.9 Å². The van der Waals surface area contributed by atoms with E-state index >= 15 is 0 Å². The summed E-state index contributed by atoms with van der Waals surface area (Å²) in [6.07, 6.45) is 4.67. The maximum absolute atomic E-state index is 13.6. The number of aromatic nitrogens is 2. The van der Waals surface area contributed by atoms with Gasteiger partial charge in [0.25, 0.3) is 5.91 Å². The van der Waals surface area contributed by atoms with E-state index in [0.29, 0.717) is 24.0 Å². The molecule has 2 heterocycles. The molecule has 140 valence electrons. The Kier molecular flexibility index (Phi) is 5.58. The summed E-state index contributed by atoms with van der Waals surface area (Å²) in [6.45, 7) is 1.56. The first-order valence-electron chi connectivity index (χ1n) is 8.71. The Morgan fingerprint density at radius 2 is 2.12 bits per heavy atom. The van der Waals surface area contributed by atoms with Crippen LogP contribution in [-0.4, -0.2) is 34.8 Å². The van der Waals surface area contributed by atoms with Crippen LogP contribution < -0.4 is 10.6 Å². The van der Waals surface area contributed by atoms with Crippen LogP contribution in [0.4, 0.5) is 8.78 Å². The van der Waals surface area contributed by atoms with Crippen molar-refractivity contribution in [1.29, 1.82) is 0 Å². The highest BCUT2D eigenvalue weighted by atomic mass is 35.5. The third-order valence-electron chi connectivity index (χ3n) is 4.96. The molecule has 26 heavy (non-hydrogen) atoms. The molecule has 0 radical (unpaired) electrons. The second kappa shape index (κ2) is 7.72. The number of carbonyl (C=O) groups is 1. The summed E-state index contributed by atoms with van der Waals surface area (Å²) in [5, 5.41) is 10.7. The van der Waals surface area contributed by atoms with Crippen molar-refractivity contribution in [3.05, 3.63) is 46.8 Å². The number of halogens is 3. The van der Waals surface area contributed by atoms with Crippen molar-refractivity contribution in [3.63, 3.8) is 0 Å². The molecule has 1 amide bonds. The molecule has 8 heteroatoms. The molecule has 1 fully saturated rings. The fourth-order valence-corrected chi connectivity index (χ4v) is 3.68. The number of fused-ring (bicyclic) bond motifs is 1. The highest BCUT2D eigenvalue weighted by Gasteiger charge is 2.27. The van der Waals surface area contributed by atoms with Gasteiger partial charge in [-0.25, -0.2) is 13.5 Å². The molecule has 2 aliphatic rings. The normalized spacial score (nSPS) is 18.5. The average Bonchev–Trinajstić information content (AvgIpc) is 3.32. The third kappa shape index (κ3) is 3.46. The Morgan fingerprint density at radius 1 is 1.27 bits per heavy atom. The molecule has 2 N–H and O–H groups in total. The molecule has 0 bridgehead atoms. The molecule has 1 unspecified atom stereocenters. The van der Waals surface area contributed by atoms with Crippen LogP contribution in [0.3, 0.4) is 0 Å². The van der Waals surface area contributed by atoms with Gasteiger partial charge < -0.3 is 10.6 Å². The van der Waals surface area contributed by atoms with Gasteiger partial charge in [-0.3, -0.25) is 4.79 Å². The fourth-order valence-electron chi connectivity index (χ4n) is 3.68. The highest BCUT2D eigenvalue weighted by molar-refractivity contribution is 5.94. The first-order chi connectivity index (χ1) is 12.1. The Morgan fingerprint density at radius 3 is 2.85 bits per heavy atom. The molecular weight excluding hydrogens is 362 g/mol. The molecular formula is C18H21ClF2N4O. The molecule has 1 saturated heterocycles. The lowest BCUT2D eigenvalue weighted by Crippen LogP contribution is -2.37. The molecule has 1 aliphatic carbocycles. The largest absolute Gasteiger partial charge is 0.349 e. The number of nitrogens with zero attached hydrogens (tertiary/aromatic N) is 2. The van der Waals surface area contributed by atoms with Gasteiger partial charge in [-0.05, 0) is 50.8 Å². The van der Waals surface area contributed by atoms with E-state index in [9.17, 15) is 13.6 Å². The van der Waals surface area contributed by atoms with Crippen LogP contribution >= 0.6 is 12.4 Å². The molecule has 0 spiro atoms. The minimum absolute atomic E-state index is 0. The van der Waals surface area contributed by atoms with E-state index in [1.54, 1.807) is 4.68 Å². The van der Waals surface area contributed by atoms with Gasteiger partial charge in [0.1, 0.15) is 0 Å². The number of hydrogen-bond acceptors (Lipinski definition) is 3. The van der Waals surface area contributed by atoms with E-state index in [1.807, 2.05) is 0 Å². The molecule has 5 nitrogen and oxygen atoms in total. The first-order valence-corrected chi connectivity index (χ1v) is 8.71. The molecule has 1 aliphatic heterocycles. The van der Waals surface area contributed by atoms with Crippen LogP contribution in [0.15, 0.2) is 18.2 Å². The van der Waals surface area contributed by atoms with Crippen LogP contribution in [0.2, 0.25) is 0 Å². The maximum Gasteiger partial charge on any atom is 0.272 e. The Balaban J connectivity index is 0.00000196. The SMILES string of the molecule is Cl.O=C(NCC1CCCN1)c1nn(-c2ccc(F)c(F)c2)c2c1CCC2. The zero-order chi connectivity index (χ0) is 17.4. The molecule has 1 atom stereocenters. The van der Waals surface area contributed by atoms with E-state index in [1.165, 1.54) is 6.07 Å². The molecule has 2 aromatic rings. The molecule has 0 saturated carbocycles. The predicted octanol–water partition coefficient (Wildman–Crippen LogP) is 2.54. The van der Waals surface area contributed by atoms with Gasteiger partial charge in [0.2, 0.25) is 0 Å². The van der Waals surface area contributed by atoms with E-state index in [-0.39, 0.29) is 18.3 Å². The van der Waals surface area contributed by atoms with Crippen LogP contribution in [0, 0.1) is 11.6 Å². The van der Waals surface area contributed by atoms with Gasteiger partial charge in [0.15, 0.2) is 17.3 Å². The summed E-state index contributed by atoms with van der Waals surface area (Å²) in [6, 6.07) is 3.99. The van der Waals surface area contributed by atoms with Crippen molar-refractivity contribution in [3.8, 4) is 5.69 Å². The summed E-state index contributed by atoms with van der Waals surface area (Å²) in [5.74, 6) is -2.01. The van der Waals surface area contributed by atoms with E-state index in [4.69, 9.17) is 0 Å². The summed E-state index contributed by atoms with van der Waals surface area (Å²) in [5.41, 5.74) is 2.67. The topological polar surface area (TPSA) is 59.0 Å². The number of nitrogens with one attached hydrogen (secondary N) is 2. The van der Waals surface area contributed by atoms with Crippen LogP contribution in [0.25, 0.3) is 5.69 Å². The van der Waals surface area contributed by atoms with Crippen molar-refractivity contribution in [2.75, 3.05) is 13.1 Å². The van der Waals surface area contributed by atoms with E-state index < -0.39 is 11.6 Å².